The SMILES string of the molecule is Cc1ccc(C)c(NS(=O)(=O)c2ccc(OCC(=O)NCc3ccccc3)cc2)c1. The van der Waals surface area contributed by atoms with Gasteiger partial charge in [-0.2, -0.15) is 0 Å². The van der Waals surface area contributed by atoms with E-state index in [1.807, 2.05) is 56.3 Å². The van der Waals surface area contributed by atoms with E-state index in [1.165, 1.54) is 24.3 Å². The molecule has 7 heteroatoms. The van der Waals surface area contributed by atoms with Gasteiger partial charge >= 0.3 is 0 Å². The second kappa shape index (κ2) is 9.45. The highest BCUT2D eigenvalue weighted by Gasteiger charge is 2.15. The maximum Gasteiger partial charge on any atom is 0.261 e. The molecule has 1 amide bonds. The lowest BCUT2D eigenvalue weighted by molar-refractivity contribution is -0.123. The first-order valence-electron chi connectivity index (χ1n) is 9.47. The van der Waals surface area contributed by atoms with Crippen molar-refractivity contribution in [2.45, 2.75) is 25.3 Å². The van der Waals surface area contributed by atoms with Gasteiger partial charge in [-0.25, -0.2) is 8.42 Å². The van der Waals surface area contributed by atoms with Crippen molar-refractivity contribution in [1.29, 1.82) is 0 Å². The maximum absolute atomic E-state index is 12.6. The van der Waals surface area contributed by atoms with Gasteiger partial charge in [0.2, 0.25) is 0 Å². The van der Waals surface area contributed by atoms with Crippen LogP contribution in [-0.2, 0) is 21.4 Å². The third-order valence-corrected chi connectivity index (χ3v) is 5.86. The molecule has 3 rings (SSSR count). The highest BCUT2D eigenvalue weighted by Crippen LogP contribution is 2.22. The van der Waals surface area contributed by atoms with Crippen molar-refractivity contribution in [3.63, 3.8) is 0 Å². The van der Waals surface area contributed by atoms with Crippen LogP contribution in [0.2, 0.25) is 0 Å². The number of nitrogens with one attached hydrogen (secondary N) is 2. The zero-order valence-corrected chi connectivity index (χ0v) is 17.7. The van der Waals surface area contributed by atoms with Crippen molar-refractivity contribution in [2.24, 2.45) is 0 Å². The summed E-state index contributed by atoms with van der Waals surface area (Å²) in [6, 6.07) is 21.1. The van der Waals surface area contributed by atoms with Gasteiger partial charge in [0.25, 0.3) is 15.9 Å². The Kier molecular flexibility index (Phi) is 6.74. The summed E-state index contributed by atoms with van der Waals surface area (Å²) < 4.78 is 33.4. The van der Waals surface area contributed by atoms with Gasteiger partial charge in [-0.1, -0.05) is 42.5 Å². The van der Waals surface area contributed by atoms with Crippen molar-refractivity contribution >= 4 is 21.6 Å². The predicted octanol–water partition coefficient (Wildman–Crippen LogP) is 3.80. The number of amides is 1. The first kappa shape index (κ1) is 21.4. The molecule has 3 aromatic carbocycles. The van der Waals surface area contributed by atoms with Crippen molar-refractivity contribution in [2.75, 3.05) is 11.3 Å². The van der Waals surface area contributed by atoms with E-state index in [-0.39, 0.29) is 17.4 Å². The number of carbonyl (C=O) groups is 1. The molecule has 0 aliphatic carbocycles. The molecule has 0 fully saturated rings. The van der Waals surface area contributed by atoms with Gasteiger partial charge in [0.05, 0.1) is 10.6 Å². The molecule has 0 radical (unpaired) electrons. The third kappa shape index (κ3) is 5.84. The molecule has 0 heterocycles. The molecule has 0 unspecified atom stereocenters. The summed E-state index contributed by atoms with van der Waals surface area (Å²) in [6.07, 6.45) is 0. The lowest BCUT2D eigenvalue weighted by atomic mass is 10.1. The van der Waals surface area contributed by atoms with Crippen LogP contribution in [0.3, 0.4) is 0 Å². The van der Waals surface area contributed by atoms with E-state index in [1.54, 1.807) is 6.07 Å². The first-order valence-corrected chi connectivity index (χ1v) is 11.0. The van der Waals surface area contributed by atoms with Gasteiger partial charge in [-0.05, 0) is 60.9 Å². The molecule has 2 N–H and O–H groups in total. The van der Waals surface area contributed by atoms with Crippen LogP contribution < -0.4 is 14.8 Å². The van der Waals surface area contributed by atoms with Crippen LogP contribution in [0.15, 0.2) is 77.7 Å². The van der Waals surface area contributed by atoms with Crippen molar-refractivity contribution in [3.05, 3.63) is 89.5 Å². The summed E-state index contributed by atoms with van der Waals surface area (Å²) >= 11 is 0. The Morgan fingerprint density at radius 2 is 1.63 bits per heavy atom. The molecule has 156 valence electrons. The van der Waals surface area contributed by atoms with Crippen LogP contribution in [0.5, 0.6) is 5.75 Å². The van der Waals surface area contributed by atoms with Crippen LogP contribution >= 0.6 is 0 Å². The van der Waals surface area contributed by atoms with E-state index in [2.05, 4.69) is 10.0 Å². The summed E-state index contributed by atoms with van der Waals surface area (Å²) in [4.78, 5) is 12.1. The normalized spacial score (nSPS) is 11.0. The van der Waals surface area contributed by atoms with E-state index in [4.69, 9.17) is 4.74 Å². The zero-order valence-electron chi connectivity index (χ0n) is 16.9. The average molecular weight is 425 g/mol. The number of hydrogen-bond donors (Lipinski definition) is 2. The fourth-order valence-electron chi connectivity index (χ4n) is 2.76. The summed E-state index contributed by atoms with van der Waals surface area (Å²) in [5, 5.41) is 2.77. The van der Waals surface area contributed by atoms with E-state index < -0.39 is 10.0 Å². The van der Waals surface area contributed by atoms with Crippen molar-refractivity contribution < 1.29 is 17.9 Å². The van der Waals surface area contributed by atoms with E-state index >= 15 is 0 Å². The molecule has 30 heavy (non-hydrogen) atoms. The number of carbonyl (C=O) groups excluding carboxylic acids is 1. The Hall–Kier alpha value is -3.32. The fraction of sp³-hybridized carbons (Fsp3) is 0.174. The standard InChI is InChI=1S/C23H24N2O4S/c1-17-8-9-18(2)22(14-17)25-30(27,28)21-12-10-20(11-13-21)29-16-23(26)24-15-19-6-4-3-5-7-19/h3-14,25H,15-16H2,1-2H3,(H,24,26). The lowest BCUT2D eigenvalue weighted by Crippen LogP contribution is -2.28. The van der Waals surface area contributed by atoms with E-state index in [0.29, 0.717) is 18.0 Å². The van der Waals surface area contributed by atoms with E-state index in [9.17, 15) is 13.2 Å². The zero-order chi connectivity index (χ0) is 21.6. The quantitative estimate of drug-likeness (QED) is 0.576. The van der Waals surface area contributed by atoms with Gasteiger partial charge in [-0.3, -0.25) is 9.52 Å². The van der Waals surface area contributed by atoms with E-state index in [0.717, 1.165) is 16.7 Å². The molecule has 0 aliphatic heterocycles. The molecule has 0 aliphatic rings. The van der Waals surface area contributed by atoms with Crippen LogP contribution in [0, 0.1) is 13.8 Å². The Morgan fingerprint density at radius 1 is 0.933 bits per heavy atom. The maximum atomic E-state index is 12.6. The van der Waals surface area contributed by atoms with Crippen LogP contribution in [0.1, 0.15) is 16.7 Å². The molecule has 0 saturated heterocycles. The van der Waals surface area contributed by atoms with Crippen LogP contribution in [0.4, 0.5) is 5.69 Å². The Bertz CT molecular complexity index is 1110. The summed E-state index contributed by atoms with van der Waals surface area (Å²) in [5.41, 5.74) is 3.35. The molecule has 0 bridgehead atoms. The number of rotatable bonds is 8. The van der Waals surface area contributed by atoms with Gasteiger partial charge in [0.15, 0.2) is 6.61 Å². The Morgan fingerprint density at radius 3 is 2.33 bits per heavy atom. The predicted molar refractivity (Wildman–Crippen MR) is 117 cm³/mol. The molecule has 0 saturated carbocycles. The number of sulfonamides is 1. The molecule has 0 aromatic heterocycles. The van der Waals surface area contributed by atoms with Crippen LogP contribution in [0.25, 0.3) is 0 Å². The number of aryl methyl sites for hydroxylation is 2. The first-order chi connectivity index (χ1) is 14.3. The van der Waals surface area contributed by atoms with Gasteiger partial charge in [0.1, 0.15) is 5.75 Å². The monoisotopic (exact) mass is 424 g/mol. The van der Waals surface area contributed by atoms with Crippen LogP contribution in [-0.4, -0.2) is 20.9 Å². The number of benzene rings is 3. The van der Waals surface area contributed by atoms with Crippen molar-refractivity contribution in [1.82, 2.24) is 5.32 Å². The average Bonchev–Trinajstić information content (AvgIpc) is 2.74. The molecular weight excluding hydrogens is 400 g/mol. The Labute approximate surface area is 177 Å². The molecule has 6 nitrogen and oxygen atoms in total. The molecule has 0 spiro atoms. The largest absolute Gasteiger partial charge is 0.484 e. The Balaban J connectivity index is 1.56. The topological polar surface area (TPSA) is 84.5 Å². The summed E-state index contributed by atoms with van der Waals surface area (Å²) in [6.45, 7) is 4.01. The number of ether oxygens (including phenoxy) is 1. The molecular formula is C23H24N2O4S. The minimum absolute atomic E-state index is 0.115. The lowest BCUT2D eigenvalue weighted by Gasteiger charge is -2.12. The highest BCUT2D eigenvalue weighted by molar-refractivity contribution is 7.92. The van der Waals surface area contributed by atoms with Gasteiger partial charge in [-0.15, -0.1) is 0 Å². The minimum atomic E-state index is -3.72. The minimum Gasteiger partial charge on any atom is -0.484 e. The summed E-state index contributed by atoms with van der Waals surface area (Å²) in [5.74, 6) is 0.155. The molecule has 3 aromatic rings. The second-order valence-corrected chi connectivity index (χ2v) is 8.63. The number of anilines is 1. The smallest absolute Gasteiger partial charge is 0.261 e. The van der Waals surface area contributed by atoms with Gasteiger partial charge < -0.3 is 10.1 Å². The number of hydrogen-bond acceptors (Lipinski definition) is 4. The third-order valence-electron chi connectivity index (χ3n) is 4.47. The van der Waals surface area contributed by atoms with Gasteiger partial charge in [0, 0.05) is 6.54 Å². The van der Waals surface area contributed by atoms with Crippen molar-refractivity contribution in [3.8, 4) is 5.75 Å². The molecule has 0 atom stereocenters. The summed E-state index contributed by atoms with van der Waals surface area (Å²) in [7, 11) is -3.72. The highest BCUT2D eigenvalue weighted by atomic mass is 32.2. The second-order valence-electron chi connectivity index (χ2n) is 6.95. The fourth-order valence-corrected chi connectivity index (χ4v) is 3.88.